The van der Waals surface area contributed by atoms with Crippen LogP contribution in [0, 0.1) is 5.92 Å². The van der Waals surface area contributed by atoms with Gasteiger partial charge < -0.3 is 23.0 Å². The highest BCUT2D eigenvalue weighted by molar-refractivity contribution is 5.86. The lowest BCUT2D eigenvalue weighted by Crippen LogP contribution is -2.17. The molecule has 0 saturated carbocycles. The molecular formula is C32H27F3O7. The summed E-state index contributed by atoms with van der Waals surface area (Å²) in [5.41, 5.74) is 1.47. The Morgan fingerprint density at radius 1 is 0.881 bits per heavy atom. The highest BCUT2D eigenvalue weighted by atomic mass is 19.4. The van der Waals surface area contributed by atoms with Crippen molar-refractivity contribution >= 4 is 21.9 Å². The van der Waals surface area contributed by atoms with Gasteiger partial charge >= 0.3 is 17.6 Å². The molecule has 0 atom stereocenters. The second-order valence-corrected chi connectivity index (χ2v) is 10.2. The summed E-state index contributed by atoms with van der Waals surface area (Å²) in [6, 6.07) is 16.7. The third-order valence-electron chi connectivity index (χ3n) is 6.75. The lowest BCUT2D eigenvalue weighted by molar-refractivity contribution is -0.274. The van der Waals surface area contributed by atoms with Gasteiger partial charge in [-0.1, -0.05) is 26.0 Å². The molecule has 0 bridgehead atoms. The minimum Gasteiger partial charge on any atom is -0.497 e. The van der Waals surface area contributed by atoms with E-state index in [1.807, 2.05) is 0 Å². The minimum absolute atomic E-state index is 0.0588. The van der Waals surface area contributed by atoms with Crippen molar-refractivity contribution in [1.29, 1.82) is 0 Å². The molecule has 0 fully saturated rings. The zero-order valence-corrected chi connectivity index (χ0v) is 23.0. The predicted molar refractivity (Wildman–Crippen MR) is 151 cm³/mol. The van der Waals surface area contributed by atoms with Crippen LogP contribution >= 0.6 is 0 Å². The van der Waals surface area contributed by atoms with E-state index in [4.69, 9.17) is 18.3 Å². The van der Waals surface area contributed by atoms with Gasteiger partial charge in [-0.25, -0.2) is 9.59 Å². The van der Waals surface area contributed by atoms with Gasteiger partial charge in [0, 0.05) is 34.0 Å². The highest BCUT2D eigenvalue weighted by Crippen LogP contribution is 2.33. The first-order chi connectivity index (χ1) is 20.0. The van der Waals surface area contributed by atoms with Crippen LogP contribution in [0.5, 0.6) is 17.2 Å². The molecule has 0 radical (unpaired) electrons. The van der Waals surface area contributed by atoms with Crippen LogP contribution in [-0.4, -0.2) is 13.5 Å². The van der Waals surface area contributed by atoms with Crippen molar-refractivity contribution in [3.8, 4) is 28.4 Å². The Kier molecular flexibility index (Phi) is 7.98. The van der Waals surface area contributed by atoms with Crippen LogP contribution in [0.15, 0.2) is 85.2 Å². The number of methoxy groups -OCH3 is 1. The predicted octanol–water partition coefficient (Wildman–Crippen LogP) is 7.64. The molecular weight excluding hydrogens is 553 g/mol. The zero-order chi connectivity index (χ0) is 30.0. The second-order valence-electron chi connectivity index (χ2n) is 10.2. The molecule has 2 aromatic heterocycles. The summed E-state index contributed by atoms with van der Waals surface area (Å²) < 4.78 is 64.1. The molecule has 0 amide bonds. The molecule has 0 aliphatic heterocycles. The lowest BCUT2D eigenvalue weighted by Gasteiger charge is -2.15. The minimum atomic E-state index is -4.82. The summed E-state index contributed by atoms with van der Waals surface area (Å²) in [4.78, 5) is 25.3. The van der Waals surface area contributed by atoms with E-state index in [1.165, 1.54) is 25.3 Å². The van der Waals surface area contributed by atoms with E-state index in [9.17, 15) is 22.8 Å². The van der Waals surface area contributed by atoms with E-state index in [0.717, 1.165) is 18.6 Å². The van der Waals surface area contributed by atoms with Crippen molar-refractivity contribution < 1.29 is 36.2 Å². The van der Waals surface area contributed by atoms with Crippen LogP contribution in [0.25, 0.3) is 33.1 Å². The van der Waals surface area contributed by atoms with Gasteiger partial charge in [0.25, 0.3) is 0 Å². The topological polar surface area (TPSA) is 88.1 Å². The van der Waals surface area contributed by atoms with Crippen LogP contribution in [0.1, 0.15) is 31.4 Å². The second kappa shape index (κ2) is 11.6. The molecule has 3 aromatic carbocycles. The van der Waals surface area contributed by atoms with Crippen LogP contribution in [0.2, 0.25) is 0 Å². The zero-order valence-electron chi connectivity index (χ0n) is 23.0. The molecule has 0 aliphatic rings. The van der Waals surface area contributed by atoms with Gasteiger partial charge in [-0.2, -0.15) is 0 Å². The number of ether oxygens (including phenoxy) is 3. The van der Waals surface area contributed by atoms with Gasteiger partial charge in [0.1, 0.15) is 35.0 Å². The number of aryl methyl sites for hydroxylation is 1. The largest absolute Gasteiger partial charge is 0.573 e. The SMILES string of the molecule is COc1ccc2c(COc3ccc4cc(-c5ccc(OC(F)(F)F)cc5)c(=O)oc4c3CCC(C)C)cc(=O)oc2c1. The van der Waals surface area contributed by atoms with Gasteiger partial charge in [-0.05, 0) is 66.8 Å². The Balaban J connectivity index is 1.51. The summed E-state index contributed by atoms with van der Waals surface area (Å²) >= 11 is 0. The lowest BCUT2D eigenvalue weighted by atomic mass is 9.98. The van der Waals surface area contributed by atoms with E-state index >= 15 is 0 Å². The third kappa shape index (κ3) is 6.43. The van der Waals surface area contributed by atoms with Crippen molar-refractivity contribution in [2.45, 2.75) is 39.7 Å². The standard InChI is InChI=1S/C32H27F3O7/c1-18(2)4-11-25-27(39-17-21-15-29(36)40-28-16-23(38-3)10-12-24(21)28)13-7-20-14-26(31(37)41-30(20)25)19-5-8-22(9-6-19)42-32(33,34)35/h5-10,12-16,18H,4,11,17H2,1-3H3. The Labute approximate surface area is 238 Å². The van der Waals surface area contributed by atoms with Crippen molar-refractivity contribution in [3.63, 3.8) is 0 Å². The van der Waals surface area contributed by atoms with Crippen molar-refractivity contribution in [2.24, 2.45) is 5.92 Å². The molecule has 0 aliphatic carbocycles. The van der Waals surface area contributed by atoms with E-state index in [-0.39, 0.29) is 12.2 Å². The van der Waals surface area contributed by atoms with Gasteiger partial charge in [0.05, 0.1) is 12.7 Å². The third-order valence-corrected chi connectivity index (χ3v) is 6.75. The molecule has 7 nitrogen and oxygen atoms in total. The van der Waals surface area contributed by atoms with E-state index in [2.05, 4.69) is 18.6 Å². The van der Waals surface area contributed by atoms with Crippen LogP contribution in [-0.2, 0) is 13.0 Å². The monoisotopic (exact) mass is 580 g/mol. The Bertz CT molecular complexity index is 1850. The highest BCUT2D eigenvalue weighted by Gasteiger charge is 2.31. The quantitative estimate of drug-likeness (QED) is 0.166. The summed E-state index contributed by atoms with van der Waals surface area (Å²) in [6.07, 6.45) is -3.46. The number of rotatable bonds is 9. The first-order valence-corrected chi connectivity index (χ1v) is 13.2. The van der Waals surface area contributed by atoms with Gasteiger partial charge in [-0.3, -0.25) is 0 Å². The van der Waals surface area contributed by atoms with E-state index in [1.54, 1.807) is 36.4 Å². The summed E-state index contributed by atoms with van der Waals surface area (Å²) in [6.45, 7) is 4.22. The molecule has 42 heavy (non-hydrogen) atoms. The van der Waals surface area contributed by atoms with Crippen molar-refractivity contribution in [3.05, 3.63) is 98.7 Å². The molecule has 0 saturated heterocycles. The first-order valence-electron chi connectivity index (χ1n) is 13.2. The van der Waals surface area contributed by atoms with Crippen LogP contribution in [0.4, 0.5) is 13.2 Å². The maximum absolute atomic E-state index is 13.1. The molecule has 218 valence electrons. The fraction of sp³-hybridized carbons (Fsp3) is 0.250. The summed E-state index contributed by atoms with van der Waals surface area (Å²) in [5.74, 6) is 1.02. The molecule has 0 unspecified atom stereocenters. The van der Waals surface area contributed by atoms with Gasteiger partial charge in [-0.15, -0.1) is 13.2 Å². The van der Waals surface area contributed by atoms with Crippen LogP contribution in [0.3, 0.4) is 0 Å². The van der Waals surface area contributed by atoms with E-state index < -0.39 is 23.4 Å². The van der Waals surface area contributed by atoms with E-state index in [0.29, 0.717) is 62.5 Å². The Morgan fingerprint density at radius 2 is 1.62 bits per heavy atom. The molecule has 5 aromatic rings. The maximum Gasteiger partial charge on any atom is 0.573 e. The number of benzene rings is 3. The molecule has 10 heteroatoms. The van der Waals surface area contributed by atoms with Crippen molar-refractivity contribution in [2.75, 3.05) is 7.11 Å². The van der Waals surface area contributed by atoms with Crippen molar-refractivity contribution in [1.82, 2.24) is 0 Å². The number of fused-ring (bicyclic) bond motifs is 2. The average molecular weight is 581 g/mol. The number of alkyl halides is 3. The smallest absolute Gasteiger partial charge is 0.497 e. The molecule has 5 rings (SSSR count). The number of halogens is 3. The Morgan fingerprint density at radius 3 is 2.31 bits per heavy atom. The molecule has 2 heterocycles. The van der Waals surface area contributed by atoms with Gasteiger partial charge in [0.2, 0.25) is 0 Å². The first kappa shape index (κ1) is 28.8. The number of hydrogen-bond donors (Lipinski definition) is 0. The average Bonchev–Trinajstić information content (AvgIpc) is 2.93. The van der Waals surface area contributed by atoms with Crippen LogP contribution < -0.4 is 25.5 Å². The molecule has 0 N–H and O–H groups in total. The number of hydrogen-bond acceptors (Lipinski definition) is 7. The Hall–Kier alpha value is -4.73. The fourth-order valence-electron chi connectivity index (χ4n) is 4.68. The summed E-state index contributed by atoms with van der Waals surface area (Å²) in [7, 11) is 1.52. The van der Waals surface area contributed by atoms with Gasteiger partial charge in [0.15, 0.2) is 0 Å². The maximum atomic E-state index is 13.1. The normalized spacial score (nSPS) is 11.8. The molecule has 0 spiro atoms. The fourth-order valence-corrected chi connectivity index (χ4v) is 4.68. The summed E-state index contributed by atoms with van der Waals surface area (Å²) in [5, 5.41) is 1.33.